The van der Waals surface area contributed by atoms with Crippen molar-refractivity contribution in [1.82, 2.24) is 19.9 Å². The first-order valence-electron chi connectivity index (χ1n) is 6.83. The van der Waals surface area contributed by atoms with E-state index in [0.717, 1.165) is 25.0 Å². The molecule has 1 saturated heterocycles. The third-order valence-electron chi connectivity index (χ3n) is 4.22. The molecule has 1 unspecified atom stereocenters. The summed E-state index contributed by atoms with van der Waals surface area (Å²) in [5.41, 5.74) is 5.58. The number of nitrogens with zero attached hydrogens (tertiary/aromatic N) is 3. The van der Waals surface area contributed by atoms with Crippen molar-refractivity contribution in [2.45, 2.75) is 18.8 Å². The van der Waals surface area contributed by atoms with Crippen LogP contribution in [0.15, 0.2) is 36.2 Å². The van der Waals surface area contributed by atoms with Crippen LogP contribution in [0.3, 0.4) is 0 Å². The van der Waals surface area contributed by atoms with Gasteiger partial charge in [0.2, 0.25) is 0 Å². The third-order valence-corrected chi connectivity index (χ3v) is 5.01. The van der Waals surface area contributed by atoms with Gasteiger partial charge in [0.25, 0.3) is 0 Å². The lowest BCUT2D eigenvalue weighted by Gasteiger charge is -2.24. The SMILES string of the molecule is CC1(c2cncn2-c2ccc3ncsc3c2)CCNC1. The molecule has 1 atom stereocenters. The average Bonchev–Trinajstić information content (AvgIpc) is 3.18. The molecule has 4 nitrogen and oxygen atoms in total. The monoisotopic (exact) mass is 284 g/mol. The Bertz CT molecular complexity index is 752. The second-order valence-electron chi connectivity index (χ2n) is 5.64. The van der Waals surface area contributed by atoms with Crippen LogP contribution in [0.1, 0.15) is 19.0 Å². The molecule has 0 spiro atoms. The smallest absolute Gasteiger partial charge is 0.0994 e. The zero-order valence-electron chi connectivity index (χ0n) is 11.3. The van der Waals surface area contributed by atoms with E-state index in [-0.39, 0.29) is 5.41 Å². The molecule has 0 amide bonds. The predicted octanol–water partition coefficient (Wildman–Crippen LogP) is 2.73. The number of rotatable bonds is 2. The van der Waals surface area contributed by atoms with Gasteiger partial charge in [-0.1, -0.05) is 6.92 Å². The van der Waals surface area contributed by atoms with Gasteiger partial charge in [-0.15, -0.1) is 11.3 Å². The van der Waals surface area contributed by atoms with Crippen molar-refractivity contribution in [2.75, 3.05) is 13.1 Å². The van der Waals surface area contributed by atoms with Crippen LogP contribution in [-0.2, 0) is 5.41 Å². The Hall–Kier alpha value is -1.72. The molecule has 0 aliphatic carbocycles. The first kappa shape index (κ1) is 12.1. The summed E-state index contributed by atoms with van der Waals surface area (Å²) < 4.78 is 3.43. The molecule has 1 aliphatic rings. The third kappa shape index (κ3) is 1.77. The summed E-state index contributed by atoms with van der Waals surface area (Å²) in [5, 5.41) is 3.46. The first-order valence-corrected chi connectivity index (χ1v) is 7.71. The van der Waals surface area contributed by atoms with Crippen LogP contribution in [0, 0.1) is 0 Å². The lowest BCUT2D eigenvalue weighted by Crippen LogP contribution is -2.27. The highest BCUT2D eigenvalue weighted by molar-refractivity contribution is 7.16. The molecule has 1 fully saturated rings. The summed E-state index contributed by atoms with van der Waals surface area (Å²) in [6.45, 7) is 4.41. The molecule has 0 radical (unpaired) electrons. The zero-order chi connectivity index (χ0) is 13.6. The van der Waals surface area contributed by atoms with Gasteiger partial charge in [-0.3, -0.25) is 0 Å². The van der Waals surface area contributed by atoms with E-state index in [0.29, 0.717) is 0 Å². The normalized spacial score (nSPS) is 22.6. The minimum Gasteiger partial charge on any atom is -0.316 e. The molecule has 0 saturated carbocycles. The summed E-state index contributed by atoms with van der Waals surface area (Å²) in [5.74, 6) is 0. The molecular weight excluding hydrogens is 268 g/mol. The van der Waals surface area contributed by atoms with E-state index in [1.807, 2.05) is 18.0 Å². The maximum Gasteiger partial charge on any atom is 0.0994 e. The summed E-state index contributed by atoms with van der Waals surface area (Å²) in [6.07, 6.45) is 5.08. The van der Waals surface area contributed by atoms with Crippen LogP contribution in [0.2, 0.25) is 0 Å². The largest absolute Gasteiger partial charge is 0.316 e. The first-order chi connectivity index (χ1) is 9.76. The second kappa shape index (κ2) is 4.40. The van der Waals surface area contributed by atoms with Crippen molar-refractivity contribution in [3.8, 4) is 5.69 Å². The van der Waals surface area contributed by atoms with Crippen LogP contribution in [0.5, 0.6) is 0 Å². The molecule has 1 aromatic carbocycles. The van der Waals surface area contributed by atoms with Gasteiger partial charge in [-0.05, 0) is 31.2 Å². The van der Waals surface area contributed by atoms with E-state index in [2.05, 4.69) is 45.0 Å². The summed E-state index contributed by atoms with van der Waals surface area (Å²) in [6, 6.07) is 6.41. The van der Waals surface area contributed by atoms with Crippen molar-refractivity contribution in [1.29, 1.82) is 0 Å². The number of hydrogen-bond acceptors (Lipinski definition) is 4. The number of fused-ring (bicyclic) bond motifs is 1. The Morgan fingerprint density at radius 1 is 1.40 bits per heavy atom. The van der Waals surface area contributed by atoms with Gasteiger partial charge in [-0.2, -0.15) is 0 Å². The topological polar surface area (TPSA) is 42.7 Å². The molecule has 1 N–H and O–H groups in total. The molecule has 4 rings (SSSR count). The van der Waals surface area contributed by atoms with Gasteiger partial charge in [0.1, 0.15) is 0 Å². The van der Waals surface area contributed by atoms with Crippen molar-refractivity contribution in [3.05, 3.63) is 41.9 Å². The van der Waals surface area contributed by atoms with Crippen molar-refractivity contribution in [2.24, 2.45) is 0 Å². The molecule has 5 heteroatoms. The summed E-state index contributed by atoms with van der Waals surface area (Å²) in [4.78, 5) is 8.72. The fourth-order valence-corrected chi connectivity index (χ4v) is 3.69. The van der Waals surface area contributed by atoms with E-state index in [1.54, 1.807) is 11.3 Å². The molecule has 2 aromatic heterocycles. The van der Waals surface area contributed by atoms with Crippen LogP contribution in [0.25, 0.3) is 15.9 Å². The Morgan fingerprint density at radius 2 is 2.35 bits per heavy atom. The van der Waals surface area contributed by atoms with Gasteiger partial charge in [0, 0.05) is 29.5 Å². The number of nitrogens with one attached hydrogen (secondary N) is 1. The van der Waals surface area contributed by atoms with E-state index in [9.17, 15) is 0 Å². The lowest BCUT2D eigenvalue weighted by atomic mass is 9.86. The molecule has 1 aliphatic heterocycles. The quantitative estimate of drug-likeness (QED) is 0.787. The number of imidazole rings is 1. The summed E-state index contributed by atoms with van der Waals surface area (Å²) >= 11 is 1.68. The molecule has 20 heavy (non-hydrogen) atoms. The standard InChI is InChI=1S/C15H16N4S/c1-15(4-5-16-8-15)14-7-17-9-19(14)11-2-3-12-13(6-11)20-10-18-12/h2-3,6-7,9-10,16H,4-5,8H2,1H3. The molecule has 3 heterocycles. The van der Waals surface area contributed by atoms with E-state index in [1.165, 1.54) is 16.1 Å². The van der Waals surface area contributed by atoms with Gasteiger partial charge in [0.05, 0.1) is 22.1 Å². The van der Waals surface area contributed by atoms with Crippen molar-refractivity contribution >= 4 is 21.6 Å². The van der Waals surface area contributed by atoms with Gasteiger partial charge in [0.15, 0.2) is 0 Å². The Balaban J connectivity index is 1.84. The Kier molecular flexibility index (Phi) is 2.65. The van der Waals surface area contributed by atoms with Crippen LogP contribution < -0.4 is 5.32 Å². The molecule has 0 bridgehead atoms. The second-order valence-corrected chi connectivity index (χ2v) is 6.53. The molecule has 102 valence electrons. The maximum atomic E-state index is 4.38. The van der Waals surface area contributed by atoms with Gasteiger partial charge >= 0.3 is 0 Å². The van der Waals surface area contributed by atoms with E-state index in [4.69, 9.17) is 0 Å². The van der Waals surface area contributed by atoms with Gasteiger partial charge in [-0.25, -0.2) is 9.97 Å². The Labute approximate surface area is 121 Å². The number of hydrogen-bond donors (Lipinski definition) is 1. The van der Waals surface area contributed by atoms with Crippen LogP contribution >= 0.6 is 11.3 Å². The highest BCUT2D eigenvalue weighted by atomic mass is 32.1. The van der Waals surface area contributed by atoms with E-state index < -0.39 is 0 Å². The minimum atomic E-state index is 0.166. The number of aromatic nitrogens is 3. The van der Waals surface area contributed by atoms with Crippen LogP contribution in [-0.4, -0.2) is 27.6 Å². The van der Waals surface area contributed by atoms with E-state index >= 15 is 0 Å². The predicted molar refractivity (Wildman–Crippen MR) is 81.6 cm³/mol. The number of benzene rings is 1. The summed E-state index contributed by atoms with van der Waals surface area (Å²) in [7, 11) is 0. The zero-order valence-corrected chi connectivity index (χ0v) is 12.2. The minimum absolute atomic E-state index is 0.166. The average molecular weight is 284 g/mol. The fourth-order valence-electron chi connectivity index (χ4n) is 2.98. The van der Waals surface area contributed by atoms with Crippen LogP contribution in [0.4, 0.5) is 0 Å². The highest BCUT2D eigenvalue weighted by Gasteiger charge is 2.33. The van der Waals surface area contributed by atoms with Crippen molar-refractivity contribution < 1.29 is 0 Å². The lowest BCUT2D eigenvalue weighted by molar-refractivity contribution is 0.499. The van der Waals surface area contributed by atoms with Crippen molar-refractivity contribution in [3.63, 3.8) is 0 Å². The highest BCUT2D eigenvalue weighted by Crippen LogP contribution is 2.32. The number of thiazole rings is 1. The molecular formula is C15H16N4S. The maximum absolute atomic E-state index is 4.38. The molecule has 3 aromatic rings. The fraction of sp³-hybridized carbons (Fsp3) is 0.333. The Morgan fingerprint density at radius 3 is 3.20 bits per heavy atom. The van der Waals surface area contributed by atoms with Gasteiger partial charge < -0.3 is 9.88 Å².